The number of nitrogens with one attached hydrogen (secondary N) is 1. The molecule has 0 bridgehead atoms. The van der Waals surface area contributed by atoms with Gasteiger partial charge in [0.1, 0.15) is 0 Å². The summed E-state index contributed by atoms with van der Waals surface area (Å²) in [6, 6.07) is 7.42. The second kappa shape index (κ2) is 7.93. The van der Waals surface area contributed by atoms with Crippen LogP contribution in [0.2, 0.25) is 5.02 Å². The van der Waals surface area contributed by atoms with Gasteiger partial charge in [0.15, 0.2) is 0 Å². The number of benzene rings is 1. The molecule has 0 radical (unpaired) electrons. The lowest BCUT2D eigenvalue weighted by Crippen LogP contribution is -2.38. The van der Waals surface area contributed by atoms with Crippen LogP contribution in [-0.4, -0.2) is 35.3 Å². The van der Waals surface area contributed by atoms with Gasteiger partial charge in [-0.2, -0.15) is 0 Å². The molecule has 0 saturated carbocycles. The number of aromatic nitrogens is 1. The number of hydrogen-bond donors (Lipinski definition) is 1. The third-order valence-electron chi connectivity index (χ3n) is 3.70. The van der Waals surface area contributed by atoms with Crippen molar-refractivity contribution in [3.8, 4) is 0 Å². The molecule has 24 heavy (non-hydrogen) atoms. The van der Waals surface area contributed by atoms with E-state index in [0.29, 0.717) is 23.7 Å². The molecule has 0 aliphatic heterocycles. The average Bonchev–Trinajstić information content (AvgIpc) is 2.56. The molecule has 0 fully saturated rings. The Morgan fingerprint density at radius 2 is 1.88 bits per heavy atom. The van der Waals surface area contributed by atoms with Crippen molar-refractivity contribution < 1.29 is 9.59 Å². The van der Waals surface area contributed by atoms with Gasteiger partial charge in [-0.05, 0) is 55.2 Å². The predicted octanol–water partition coefficient (Wildman–Crippen LogP) is 2.99. The Hall–Kier alpha value is -2.40. The van der Waals surface area contributed by atoms with Crippen molar-refractivity contribution >= 4 is 29.1 Å². The lowest BCUT2D eigenvalue weighted by atomic mass is 10.1. The number of rotatable bonds is 4. The maximum absolute atomic E-state index is 12.2. The van der Waals surface area contributed by atoms with E-state index in [1.807, 2.05) is 32.0 Å². The molecule has 0 spiro atoms. The SMILES string of the molecule is Cc1cc(C)c(NC(=O)C(=O)N(C)CCc2ccncc2)c(Cl)c1. The van der Waals surface area contributed by atoms with Gasteiger partial charge < -0.3 is 10.2 Å². The number of anilines is 1. The third-order valence-corrected chi connectivity index (χ3v) is 3.99. The van der Waals surface area contributed by atoms with Gasteiger partial charge in [-0.1, -0.05) is 17.7 Å². The van der Waals surface area contributed by atoms with Gasteiger partial charge in [0.25, 0.3) is 0 Å². The Kier molecular flexibility index (Phi) is 5.93. The second-order valence-electron chi connectivity index (χ2n) is 5.72. The first-order valence-corrected chi connectivity index (χ1v) is 7.98. The van der Waals surface area contributed by atoms with E-state index in [2.05, 4.69) is 10.3 Å². The van der Waals surface area contributed by atoms with Crippen LogP contribution in [0.15, 0.2) is 36.7 Å². The molecular weight excluding hydrogens is 326 g/mol. The molecule has 0 saturated heterocycles. The smallest absolute Gasteiger partial charge is 0.313 e. The number of pyridine rings is 1. The minimum atomic E-state index is -0.693. The molecule has 1 heterocycles. The Morgan fingerprint density at radius 1 is 1.21 bits per heavy atom. The number of carbonyl (C=O) groups excluding carboxylic acids is 2. The van der Waals surface area contributed by atoms with Gasteiger partial charge in [0.05, 0.1) is 10.7 Å². The fourth-order valence-corrected chi connectivity index (χ4v) is 2.73. The first-order chi connectivity index (χ1) is 11.4. The van der Waals surface area contributed by atoms with Crippen LogP contribution in [0.1, 0.15) is 16.7 Å². The summed E-state index contributed by atoms with van der Waals surface area (Å²) < 4.78 is 0. The molecule has 1 N–H and O–H groups in total. The molecule has 1 aromatic carbocycles. The van der Waals surface area contributed by atoms with Crippen molar-refractivity contribution in [3.05, 3.63) is 58.4 Å². The molecule has 6 heteroatoms. The zero-order valence-electron chi connectivity index (χ0n) is 14.0. The summed E-state index contributed by atoms with van der Waals surface area (Å²) in [5, 5.41) is 3.04. The average molecular weight is 346 g/mol. The van der Waals surface area contributed by atoms with E-state index in [1.165, 1.54) is 4.90 Å². The highest BCUT2D eigenvalue weighted by Crippen LogP contribution is 2.27. The van der Waals surface area contributed by atoms with E-state index >= 15 is 0 Å². The number of aryl methyl sites for hydroxylation is 2. The summed E-state index contributed by atoms with van der Waals surface area (Å²) in [6.45, 7) is 4.20. The van der Waals surface area contributed by atoms with E-state index in [0.717, 1.165) is 16.7 Å². The zero-order valence-corrected chi connectivity index (χ0v) is 14.7. The molecule has 0 aliphatic carbocycles. The van der Waals surface area contributed by atoms with E-state index in [9.17, 15) is 9.59 Å². The molecule has 0 unspecified atom stereocenters. The number of carbonyl (C=O) groups is 2. The van der Waals surface area contributed by atoms with Crippen molar-refractivity contribution in [2.45, 2.75) is 20.3 Å². The van der Waals surface area contributed by atoms with Crippen LogP contribution >= 0.6 is 11.6 Å². The number of amides is 2. The molecule has 2 amide bonds. The fourth-order valence-electron chi connectivity index (χ4n) is 2.36. The summed E-state index contributed by atoms with van der Waals surface area (Å²) in [5.41, 5.74) is 3.35. The molecule has 126 valence electrons. The van der Waals surface area contributed by atoms with Crippen LogP contribution in [-0.2, 0) is 16.0 Å². The summed E-state index contributed by atoms with van der Waals surface area (Å²) in [4.78, 5) is 29.7. The van der Waals surface area contributed by atoms with Gasteiger partial charge in [0, 0.05) is 26.0 Å². The lowest BCUT2D eigenvalue weighted by molar-refractivity contribution is -0.142. The summed E-state index contributed by atoms with van der Waals surface area (Å²) >= 11 is 6.16. The second-order valence-corrected chi connectivity index (χ2v) is 6.13. The van der Waals surface area contributed by atoms with Crippen LogP contribution in [0.3, 0.4) is 0 Å². The summed E-state index contributed by atoms with van der Waals surface area (Å²) in [5.74, 6) is -1.29. The predicted molar refractivity (Wildman–Crippen MR) is 95.1 cm³/mol. The number of nitrogens with zero attached hydrogens (tertiary/aromatic N) is 2. The molecular formula is C18H20ClN3O2. The quantitative estimate of drug-likeness (QED) is 0.866. The zero-order chi connectivity index (χ0) is 17.7. The number of likely N-dealkylation sites (N-methyl/N-ethyl adjacent to an activating group) is 1. The third kappa shape index (κ3) is 4.55. The first-order valence-electron chi connectivity index (χ1n) is 7.60. The molecule has 2 aromatic rings. The van der Waals surface area contributed by atoms with Crippen LogP contribution in [0.4, 0.5) is 5.69 Å². The minimum absolute atomic E-state index is 0.424. The van der Waals surface area contributed by atoms with Gasteiger partial charge in [-0.25, -0.2) is 0 Å². The lowest BCUT2D eigenvalue weighted by Gasteiger charge is -2.17. The monoisotopic (exact) mass is 345 g/mol. The standard InChI is InChI=1S/C18H20ClN3O2/c1-12-10-13(2)16(15(19)11-12)21-17(23)18(24)22(3)9-6-14-4-7-20-8-5-14/h4-5,7-8,10-11H,6,9H2,1-3H3,(H,21,23). The van der Waals surface area contributed by atoms with Crippen molar-refractivity contribution in [3.63, 3.8) is 0 Å². The van der Waals surface area contributed by atoms with Crippen LogP contribution in [0.25, 0.3) is 0 Å². The number of hydrogen-bond acceptors (Lipinski definition) is 3. The van der Waals surface area contributed by atoms with Gasteiger partial charge >= 0.3 is 11.8 Å². The Morgan fingerprint density at radius 3 is 2.50 bits per heavy atom. The van der Waals surface area contributed by atoms with E-state index in [-0.39, 0.29) is 0 Å². The molecule has 0 atom stereocenters. The van der Waals surface area contributed by atoms with Crippen molar-refractivity contribution in [1.29, 1.82) is 0 Å². The van der Waals surface area contributed by atoms with Gasteiger partial charge in [-0.3, -0.25) is 14.6 Å². The number of halogens is 1. The highest BCUT2D eigenvalue weighted by molar-refractivity contribution is 6.41. The maximum atomic E-state index is 12.2. The van der Waals surface area contributed by atoms with Crippen molar-refractivity contribution in [1.82, 2.24) is 9.88 Å². The van der Waals surface area contributed by atoms with Crippen LogP contribution in [0.5, 0.6) is 0 Å². The van der Waals surface area contributed by atoms with Crippen LogP contribution < -0.4 is 5.32 Å². The Bertz CT molecular complexity index is 724. The van der Waals surface area contributed by atoms with Gasteiger partial charge in [-0.15, -0.1) is 0 Å². The highest BCUT2D eigenvalue weighted by Gasteiger charge is 2.20. The largest absolute Gasteiger partial charge is 0.337 e. The molecule has 0 aliphatic rings. The normalized spacial score (nSPS) is 10.3. The summed E-state index contributed by atoms with van der Waals surface area (Å²) in [7, 11) is 1.60. The topological polar surface area (TPSA) is 62.3 Å². The minimum Gasteiger partial charge on any atom is -0.337 e. The molecule has 2 rings (SSSR count). The highest BCUT2D eigenvalue weighted by atomic mass is 35.5. The Labute approximate surface area is 146 Å². The summed E-state index contributed by atoms with van der Waals surface area (Å²) in [6.07, 6.45) is 4.06. The molecule has 1 aromatic heterocycles. The van der Waals surface area contributed by atoms with Gasteiger partial charge in [0.2, 0.25) is 0 Å². The first kappa shape index (κ1) is 17.9. The van der Waals surface area contributed by atoms with E-state index < -0.39 is 11.8 Å². The van der Waals surface area contributed by atoms with Crippen molar-refractivity contribution in [2.75, 3.05) is 18.9 Å². The molecule has 5 nitrogen and oxygen atoms in total. The maximum Gasteiger partial charge on any atom is 0.313 e. The van der Waals surface area contributed by atoms with E-state index in [1.54, 1.807) is 25.5 Å². The van der Waals surface area contributed by atoms with Crippen molar-refractivity contribution in [2.24, 2.45) is 0 Å². The fraction of sp³-hybridized carbons (Fsp3) is 0.278. The Balaban J connectivity index is 1.98. The van der Waals surface area contributed by atoms with E-state index in [4.69, 9.17) is 11.6 Å². The van der Waals surface area contributed by atoms with Crippen LogP contribution in [0, 0.1) is 13.8 Å².